The van der Waals surface area contributed by atoms with Crippen molar-refractivity contribution in [2.75, 3.05) is 6.54 Å². The van der Waals surface area contributed by atoms with Crippen molar-refractivity contribution in [2.45, 2.75) is 18.6 Å². The molecule has 0 aliphatic carbocycles. The standard InChI is InChI=1S/C10H12FN/c11-9-6-10(12-7-9)8-4-2-1-3-5-8/h1-5,9-10,12H,6-7H2. The number of alkyl halides is 1. The summed E-state index contributed by atoms with van der Waals surface area (Å²) in [6.07, 6.45) is -0.0560. The number of nitrogens with one attached hydrogen (secondary N) is 1. The molecule has 0 spiro atoms. The molecule has 12 heavy (non-hydrogen) atoms. The first kappa shape index (κ1) is 7.74. The maximum absolute atomic E-state index is 12.8. The first-order valence-electron chi connectivity index (χ1n) is 4.28. The van der Waals surface area contributed by atoms with E-state index in [1.54, 1.807) is 0 Å². The third-order valence-electron chi connectivity index (χ3n) is 2.28. The van der Waals surface area contributed by atoms with Crippen LogP contribution in [0.15, 0.2) is 30.3 Å². The van der Waals surface area contributed by atoms with Gasteiger partial charge in [-0.15, -0.1) is 0 Å². The fourth-order valence-electron chi connectivity index (χ4n) is 1.63. The van der Waals surface area contributed by atoms with Gasteiger partial charge in [-0.25, -0.2) is 4.39 Å². The van der Waals surface area contributed by atoms with E-state index in [2.05, 4.69) is 5.32 Å². The fraction of sp³-hybridized carbons (Fsp3) is 0.400. The summed E-state index contributed by atoms with van der Waals surface area (Å²) in [7, 11) is 0. The largest absolute Gasteiger partial charge is 0.307 e. The van der Waals surface area contributed by atoms with Crippen LogP contribution in [-0.2, 0) is 0 Å². The van der Waals surface area contributed by atoms with Crippen LogP contribution in [0.1, 0.15) is 18.0 Å². The minimum Gasteiger partial charge on any atom is -0.307 e. The minimum atomic E-state index is -0.671. The topological polar surface area (TPSA) is 12.0 Å². The van der Waals surface area contributed by atoms with Gasteiger partial charge in [0.1, 0.15) is 6.17 Å². The molecule has 1 heterocycles. The summed E-state index contributed by atoms with van der Waals surface area (Å²) < 4.78 is 12.8. The van der Waals surface area contributed by atoms with Crippen molar-refractivity contribution in [2.24, 2.45) is 0 Å². The highest BCUT2D eigenvalue weighted by Gasteiger charge is 2.24. The number of rotatable bonds is 1. The van der Waals surface area contributed by atoms with Crippen molar-refractivity contribution in [3.63, 3.8) is 0 Å². The molecule has 2 rings (SSSR count). The quantitative estimate of drug-likeness (QED) is 0.671. The molecule has 0 aromatic heterocycles. The second kappa shape index (κ2) is 3.23. The number of halogens is 1. The van der Waals surface area contributed by atoms with Gasteiger partial charge in [0, 0.05) is 12.6 Å². The Kier molecular flexibility index (Phi) is 2.09. The van der Waals surface area contributed by atoms with Crippen LogP contribution in [0.3, 0.4) is 0 Å². The van der Waals surface area contributed by atoms with E-state index in [-0.39, 0.29) is 6.04 Å². The first-order valence-corrected chi connectivity index (χ1v) is 4.28. The van der Waals surface area contributed by atoms with E-state index < -0.39 is 6.17 Å². The van der Waals surface area contributed by atoms with E-state index >= 15 is 0 Å². The van der Waals surface area contributed by atoms with Crippen molar-refractivity contribution >= 4 is 0 Å². The summed E-state index contributed by atoms with van der Waals surface area (Å²) in [4.78, 5) is 0. The van der Waals surface area contributed by atoms with E-state index in [4.69, 9.17) is 0 Å². The Bertz CT molecular complexity index is 247. The lowest BCUT2D eigenvalue weighted by Gasteiger charge is -2.08. The SMILES string of the molecule is FC1CNC(c2ccccc2)C1. The molecule has 1 aromatic rings. The maximum atomic E-state index is 12.8. The molecule has 1 aliphatic heterocycles. The molecule has 1 aromatic carbocycles. The lowest BCUT2D eigenvalue weighted by Crippen LogP contribution is -2.13. The normalized spacial score (nSPS) is 29.1. The number of hydrogen-bond donors (Lipinski definition) is 1. The molecule has 1 saturated heterocycles. The molecule has 2 atom stereocenters. The minimum absolute atomic E-state index is 0.223. The highest BCUT2D eigenvalue weighted by atomic mass is 19.1. The lowest BCUT2D eigenvalue weighted by atomic mass is 10.1. The molecule has 1 fully saturated rings. The monoisotopic (exact) mass is 165 g/mol. The molecule has 0 saturated carbocycles. The summed E-state index contributed by atoms with van der Waals surface area (Å²) in [5, 5.41) is 3.15. The fourth-order valence-corrected chi connectivity index (χ4v) is 1.63. The van der Waals surface area contributed by atoms with Gasteiger partial charge in [-0.2, -0.15) is 0 Å². The van der Waals surface area contributed by atoms with Crippen molar-refractivity contribution in [1.82, 2.24) is 5.32 Å². The maximum Gasteiger partial charge on any atom is 0.114 e. The Labute approximate surface area is 71.6 Å². The predicted molar refractivity (Wildman–Crippen MR) is 46.7 cm³/mol. The van der Waals surface area contributed by atoms with E-state index in [0.717, 1.165) is 0 Å². The summed E-state index contributed by atoms with van der Waals surface area (Å²) in [6, 6.07) is 10.3. The Balaban J connectivity index is 2.11. The molecule has 64 valence electrons. The van der Waals surface area contributed by atoms with E-state index in [9.17, 15) is 4.39 Å². The van der Waals surface area contributed by atoms with Crippen LogP contribution in [0, 0.1) is 0 Å². The third-order valence-corrected chi connectivity index (χ3v) is 2.28. The highest BCUT2D eigenvalue weighted by Crippen LogP contribution is 2.24. The van der Waals surface area contributed by atoms with Crippen molar-refractivity contribution in [3.05, 3.63) is 35.9 Å². The van der Waals surface area contributed by atoms with Gasteiger partial charge in [0.2, 0.25) is 0 Å². The smallest absolute Gasteiger partial charge is 0.114 e. The van der Waals surface area contributed by atoms with Crippen LogP contribution >= 0.6 is 0 Å². The van der Waals surface area contributed by atoms with Crippen molar-refractivity contribution in [1.29, 1.82) is 0 Å². The van der Waals surface area contributed by atoms with Gasteiger partial charge in [0.15, 0.2) is 0 Å². The van der Waals surface area contributed by atoms with E-state index in [0.29, 0.717) is 13.0 Å². The Morgan fingerprint density at radius 2 is 2.00 bits per heavy atom. The van der Waals surface area contributed by atoms with Gasteiger partial charge in [-0.1, -0.05) is 30.3 Å². The summed E-state index contributed by atoms with van der Waals surface area (Å²) in [6.45, 7) is 0.500. The second-order valence-electron chi connectivity index (χ2n) is 3.20. The Morgan fingerprint density at radius 3 is 2.58 bits per heavy atom. The van der Waals surface area contributed by atoms with Gasteiger partial charge in [-0.3, -0.25) is 0 Å². The molecular weight excluding hydrogens is 153 g/mol. The van der Waals surface area contributed by atoms with Crippen LogP contribution in [0.5, 0.6) is 0 Å². The average molecular weight is 165 g/mol. The molecular formula is C10H12FN. The lowest BCUT2D eigenvalue weighted by molar-refractivity contribution is 0.356. The van der Waals surface area contributed by atoms with Crippen LogP contribution in [0.2, 0.25) is 0 Å². The molecule has 1 N–H and O–H groups in total. The highest BCUT2D eigenvalue weighted by molar-refractivity contribution is 5.20. The van der Waals surface area contributed by atoms with Gasteiger partial charge >= 0.3 is 0 Å². The van der Waals surface area contributed by atoms with Crippen molar-refractivity contribution in [3.8, 4) is 0 Å². The van der Waals surface area contributed by atoms with Gasteiger partial charge in [0.25, 0.3) is 0 Å². The molecule has 1 nitrogen and oxygen atoms in total. The zero-order chi connectivity index (χ0) is 8.39. The van der Waals surface area contributed by atoms with Crippen LogP contribution in [0.4, 0.5) is 4.39 Å². The number of benzene rings is 1. The molecule has 2 unspecified atom stereocenters. The van der Waals surface area contributed by atoms with Crippen molar-refractivity contribution < 1.29 is 4.39 Å². The van der Waals surface area contributed by atoms with E-state index in [1.165, 1.54) is 5.56 Å². The molecule has 0 amide bonds. The first-order chi connectivity index (χ1) is 5.86. The van der Waals surface area contributed by atoms with Crippen LogP contribution < -0.4 is 5.32 Å². The zero-order valence-corrected chi connectivity index (χ0v) is 6.83. The summed E-state index contributed by atoms with van der Waals surface area (Å²) in [5.74, 6) is 0. The van der Waals surface area contributed by atoms with Gasteiger partial charge in [0.05, 0.1) is 0 Å². The second-order valence-corrected chi connectivity index (χ2v) is 3.20. The van der Waals surface area contributed by atoms with Crippen LogP contribution in [0.25, 0.3) is 0 Å². The molecule has 1 aliphatic rings. The van der Waals surface area contributed by atoms with Gasteiger partial charge in [-0.05, 0) is 12.0 Å². The third kappa shape index (κ3) is 1.48. The zero-order valence-electron chi connectivity index (χ0n) is 6.83. The van der Waals surface area contributed by atoms with E-state index in [1.807, 2.05) is 30.3 Å². The van der Waals surface area contributed by atoms with Crippen LogP contribution in [-0.4, -0.2) is 12.7 Å². The molecule has 2 heteroatoms. The Morgan fingerprint density at radius 1 is 1.25 bits per heavy atom. The summed E-state index contributed by atoms with van der Waals surface area (Å²) in [5.41, 5.74) is 1.19. The summed E-state index contributed by atoms with van der Waals surface area (Å²) >= 11 is 0. The molecule has 0 radical (unpaired) electrons. The molecule has 0 bridgehead atoms. The average Bonchev–Trinajstić information content (AvgIpc) is 2.54. The Hall–Kier alpha value is -0.890. The number of hydrogen-bond acceptors (Lipinski definition) is 1. The predicted octanol–water partition coefficient (Wildman–Crippen LogP) is 2.06. The van der Waals surface area contributed by atoms with Gasteiger partial charge < -0.3 is 5.32 Å².